The number of aromatic nitrogens is 2. The highest BCUT2D eigenvalue weighted by molar-refractivity contribution is 5.91. The van der Waals surface area contributed by atoms with Crippen molar-refractivity contribution in [3.63, 3.8) is 0 Å². The zero-order valence-electron chi connectivity index (χ0n) is 19.2. The molecule has 0 saturated carbocycles. The van der Waals surface area contributed by atoms with Gasteiger partial charge in [0, 0.05) is 75.9 Å². The van der Waals surface area contributed by atoms with Gasteiger partial charge < -0.3 is 20.1 Å². The molecule has 7 heteroatoms. The van der Waals surface area contributed by atoms with E-state index in [2.05, 4.69) is 44.6 Å². The van der Waals surface area contributed by atoms with E-state index in [0.717, 1.165) is 49.5 Å². The first-order valence-corrected chi connectivity index (χ1v) is 11.0. The molecule has 0 spiro atoms. The SMILES string of the molecule is CN1CCN(Cc2cc(C=CC(=O)N(C)Cc3cc4ccccc4n3C)cnc2N)CC1. The molecule has 32 heavy (non-hydrogen) atoms. The molecule has 0 bridgehead atoms. The monoisotopic (exact) mass is 432 g/mol. The molecule has 0 atom stereocenters. The second kappa shape index (κ2) is 9.54. The number of carbonyl (C=O) groups excluding carboxylic acids is 1. The van der Waals surface area contributed by atoms with Crippen LogP contribution in [0, 0.1) is 0 Å². The van der Waals surface area contributed by atoms with Crippen molar-refractivity contribution in [1.82, 2.24) is 24.3 Å². The number of para-hydroxylation sites is 1. The third kappa shape index (κ3) is 5.00. The number of carbonyl (C=O) groups is 1. The van der Waals surface area contributed by atoms with E-state index in [-0.39, 0.29) is 5.91 Å². The van der Waals surface area contributed by atoms with Gasteiger partial charge in [-0.2, -0.15) is 0 Å². The number of fused-ring (bicyclic) bond motifs is 1. The summed E-state index contributed by atoms with van der Waals surface area (Å²) in [7, 11) is 6.00. The lowest BCUT2D eigenvalue weighted by molar-refractivity contribution is -0.125. The summed E-state index contributed by atoms with van der Waals surface area (Å²) in [4.78, 5) is 23.5. The van der Waals surface area contributed by atoms with E-state index in [4.69, 9.17) is 5.73 Å². The third-order valence-corrected chi connectivity index (χ3v) is 6.26. The van der Waals surface area contributed by atoms with Gasteiger partial charge in [0.25, 0.3) is 0 Å². The molecule has 7 nitrogen and oxygen atoms in total. The van der Waals surface area contributed by atoms with Crippen molar-refractivity contribution in [2.45, 2.75) is 13.1 Å². The molecule has 1 aliphatic rings. The molecule has 1 aromatic carbocycles. The number of aryl methyl sites for hydroxylation is 1. The Hall–Kier alpha value is -3.16. The van der Waals surface area contributed by atoms with Crippen LogP contribution in [0.3, 0.4) is 0 Å². The van der Waals surface area contributed by atoms with Crippen molar-refractivity contribution in [2.24, 2.45) is 7.05 Å². The molecule has 168 valence electrons. The number of amides is 1. The largest absolute Gasteiger partial charge is 0.383 e. The van der Waals surface area contributed by atoms with Crippen LogP contribution in [0.15, 0.2) is 48.7 Å². The molecule has 3 heterocycles. The number of hydrogen-bond donors (Lipinski definition) is 1. The lowest BCUT2D eigenvalue weighted by Crippen LogP contribution is -2.44. The van der Waals surface area contributed by atoms with Crippen molar-refractivity contribution < 1.29 is 4.79 Å². The van der Waals surface area contributed by atoms with Crippen molar-refractivity contribution in [1.29, 1.82) is 0 Å². The highest BCUT2D eigenvalue weighted by atomic mass is 16.2. The van der Waals surface area contributed by atoms with Gasteiger partial charge in [-0.05, 0) is 42.3 Å². The minimum Gasteiger partial charge on any atom is -0.383 e. The number of benzene rings is 1. The standard InChI is InChI=1S/C25H32N6O/c1-28-10-12-31(13-11-28)17-21-14-19(16-27-25(21)26)8-9-24(32)29(2)18-22-15-20-6-4-5-7-23(20)30(22)3/h4-9,14-16H,10-13,17-18H2,1-3H3,(H2,26,27). The Bertz CT molecular complexity index is 1130. The Morgan fingerprint density at radius 2 is 1.91 bits per heavy atom. The topological polar surface area (TPSA) is 70.6 Å². The molecule has 3 aromatic rings. The highest BCUT2D eigenvalue weighted by Gasteiger charge is 2.16. The van der Waals surface area contributed by atoms with Gasteiger partial charge in [-0.3, -0.25) is 9.69 Å². The maximum Gasteiger partial charge on any atom is 0.246 e. The fourth-order valence-corrected chi connectivity index (χ4v) is 4.12. The maximum absolute atomic E-state index is 12.7. The molecule has 0 unspecified atom stereocenters. The molecule has 2 aromatic heterocycles. The predicted molar refractivity (Wildman–Crippen MR) is 130 cm³/mol. The Kier molecular flexibility index (Phi) is 6.58. The lowest BCUT2D eigenvalue weighted by atomic mass is 10.1. The maximum atomic E-state index is 12.7. The third-order valence-electron chi connectivity index (χ3n) is 6.26. The van der Waals surface area contributed by atoms with Crippen LogP contribution in [0.2, 0.25) is 0 Å². The second-order valence-electron chi connectivity index (χ2n) is 8.67. The molecular formula is C25H32N6O. The van der Waals surface area contributed by atoms with E-state index < -0.39 is 0 Å². The molecule has 2 N–H and O–H groups in total. The molecule has 1 saturated heterocycles. The first-order chi connectivity index (χ1) is 15.4. The van der Waals surface area contributed by atoms with Crippen LogP contribution in [0.5, 0.6) is 0 Å². The Morgan fingerprint density at radius 3 is 2.66 bits per heavy atom. The van der Waals surface area contributed by atoms with Crippen LogP contribution in [-0.4, -0.2) is 70.4 Å². The van der Waals surface area contributed by atoms with Gasteiger partial charge >= 0.3 is 0 Å². The van der Waals surface area contributed by atoms with Crippen LogP contribution in [0.4, 0.5) is 5.82 Å². The first-order valence-electron chi connectivity index (χ1n) is 11.0. The molecule has 1 aliphatic heterocycles. The molecule has 1 amide bonds. The molecular weight excluding hydrogens is 400 g/mol. The first kappa shape index (κ1) is 22.0. The summed E-state index contributed by atoms with van der Waals surface area (Å²) in [5, 5.41) is 1.18. The number of nitrogen functional groups attached to an aromatic ring is 1. The Labute approximate surface area is 189 Å². The van der Waals surface area contributed by atoms with Crippen LogP contribution < -0.4 is 5.73 Å². The van der Waals surface area contributed by atoms with E-state index in [0.29, 0.717) is 12.4 Å². The summed E-state index contributed by atoms with van der Waals surface area (Å²) >= 11 is 0. The molecule has 0 aliphatic carbocycles. The number of rotatable bonds is 6. The summed E-state index contributed by atoms with van der Waals surface area (Å²) in [6, 6.07) is 12.4. The minimum atomic E-state index is -0.0484. The molecule has 4 rings (SSSR count). The number of anilines is 1. The van der Waals surface area contributed by atoms with Gasteiger partial charge in [0.15, 0.2) is 0 Å². The van der Waals surface area contributed by atoms with Gasteiger partial charge in [-0.25, -0.2) is 4.98 Å². The highest BCUT2D eigenvalue weighted by Crippen LogP contribution is 2.20. The quantitative estimate of drug-likeness (QED) is 0.607. The van der Waals surface area contributed by atoms with Gasteiger partial charge in [0.05, 0.1) is 6.54 Å². The van der Waals surface area contributed by atoms with E-state index in [1.807, 2.05) is 38.4 Å². The average molecular weight is 433 g/mol. The van der Waals surface area contributed by atoms with Crippen LogP contribution in [-0.2, 0) is 24.9 Å². The number of nitrogens with zero attached hydrogens (tertiary/aromatic N) is 5. The predicted octanol–water partition coefficient (Wildman–Crippen LogP) is 2.57. The van der Waals surface area contributed by atoms with Gasteiger partial charge in [0.1, 0.15) is 5.82 Å². The average Bonchev–Trinajstić information content (AvgIpc) is 3.11. The van der Waals surface area contributed by atoms with Crippen LogP contribution in [0.1, 0.15) is 16.8 Å². The molecule has 1 fully saturated rings. The van der Waals surface area contributed by atoms with Crippen molar-refractivity contribution in [3.8, 4) is 0 Å². The Balaban J connectivity index is 1.40. The fourth-order valence-electron chi connectivity index (χ4n) is 4.12. The summed E-state index contributed by atoms with van der Waals surface area (Å²) in [5.74, 6) is 0.507. The fraction of sp³-hybridized carbons (Fsp3) is 0.360. The zero-order chi connectivity index (χ0) is 22.7. The summed E-state index contributed by atoms with van der Waals surface area (Å²) < 4.78 is 2.14. The van der Waals surface area contributed by atoms with Gasteiger partial charge in [-0.15, -0.1) is 0 Å². The van der Waals surface area contributed by atoms with E-state index in [9.17, 15) is 4.79 Å². The second-order valence-corrected chi connectivity index (χ2v) is 8.67. The van der Waals surface area contributed by atoms with E-state index in [1.54, 1.807) is 17.2 Å². The normalized spacial score (nSPS) is 15.6. The lowest BCUT2D eigenvalue weighted by Gasteiger charge is -2.32. The minimum absolute atomic E-state index is 0.0484. The summed E-state index contributed by atoms with van der Waals surface area (Å²) in [5.41, 5.74) is 10.3. The molecule has 0 radical (unpaired) electrons. The van der Waals surface area contributed by atoms with Crippen molar-refractivity contribution >= 4 is 28.7 Å². The number of hydrogen-bond acceptors (Lipinski definition) is 5. The van der Waals surface area contributed by atoms with E-state index in [1.165, 1.54) is 10.9 Å². The van der Waals surface area contributed by atoms with Gasteiger partial charge in [0.2, 0.25) is 5.91 Å². The zero-order valence-corrected chi connectivity index (χ0v) is 19.2. The van der Waals surface area contributed by atoms with Crippen molar-refractivity contribution in [3.05, 3.63) is 65.5 Å². The van der Waals surface area contributed by atoms with Crippen LogP contribution >= 0.6 is 0 Å². The number of nitrogens with two attached hydrogens (primary N) is 1. The van der Waals surface area contributed by atoms with Gasteiger partial charge in [-0.1, -0.05) is 18.2 Å². The Morgan fingerprint density at radius 1 is 1.16 bits per heavy atom. The number of pyridine rings is 1. The smallest absolute Gasteiger partial charge is 0.246 e. The van der Waals surface area contributed by atoms with Crippen molar-refractivity contribution in [2.75, 3.05) is 46.0 Å². The summed E-state index contributed by atoms with van der Waals surface area (Å²) in [6.07, 6.45) is 5.15. The number of piperazine rings is 1. The summed E-state index contributed by atoms with van der Waals surface area (Å²) in [6.45, 7) is 5.49. The number of likely N-dealkylation sites (N-methyl/N-ethyl adjacent to an activating group) is 2. The van der Waals surface area contributed by atoms with Crippen LogP contribution in [0.25, 0.3) is 17.0 Å². The van der Waals surface area contributed by atoms with E-state index >= 15 is 0 Å².